The Bertz CT molecular complexity index is 1090. The molecule has 0 unspecified atom stereocenters. The Morgan fingerprint density at radius 1 is 0.914 bits per heavy atom. The van der Waals surface area contributed by atoms with Crippen LogP contribution in [0.1, 0.15) is 24.5 Å². The predicted octanol–water partition coefficient (Wildman–Crippen LogP) is 4.89. The van der Waals surface area contributed by atoms with E-state index >= 15 is 0 Å². The molecule has 0 aliphatic carbocycles. The normalized spacial score (nSPS) is 11.4. The number of carbonyl (C=O) groups excluding carboxylic acids is 2. The van der Waals surface area contributed by atoms with E-state index in [1.165, 1.54) is 0 Å². The molecule has 0 heterocycles. The van der Waals surface area contributed by atoms with Gasteiger partial charge in [-0.25, -0.2) is 0 Å². The maximum Gasteiger partial charge on any atom is 0.261 e. The maximum absolute atomic E-state index is 13.6. The highest BCUT2D eigenvalue weighted by atomic mass is 35.5. The monoisotopic (exact) mass is 494 g/mol. The van der Waals surface area contributed by atoms with Gasteiger partial charge in [0.25, 0.3) is 5.91 Å². The van der Waals surface area contributed by atoms with Crippen molar-refractivity contribution in [2.75, 3.05) is 20.3 Å². The van der Waals surface area contributed by atoms with Crippen LogP contribution in [-0.4, -0.2) is 43.0 Å². The number of hydrogen-bond acceptors (Lipinski definition) is 4. The molecule has 6 nitrogen and oxygen atoms in total. The summed E-state index contributed by atoms with van der Waals surface area (Å²) in [7, 11) is 1.55. The first-order valence-electron chi connectivity index (χ1n) is 11.6. The molecule has 184 valence electrons. The van der Waals surface area contributed by atoms with Gasteiger partial charge >= 0.3 is 0 Å². The van der Waals surface area contributed by atoms with E-state index in [1.807, 2.05) is 61.5 Å². The molecule has 3 aromatic rings. The molecule has 0 aromatic heterocycles. The van der Waals surface area contributed by atoms with Gasteiger partial charge < -0.3 is 19.7 Å². The number of rotatable bonds is 12. The minimum Gasteiger partial charge on any atom is -0.493 e. The summed E-state index contributed by atoms with van der Waals surface area (Å²) in [5.74, 6) is 0.490. The molecule has 0 fully saturated rings. The van der Waals surface area contributed by atoms with Gasteiger partial charge in [0, 0.05) is 24.5 Å². The lowest BCUT2D eigenvalue weighted by molar-refractivity contribution is -0.142. The topological polar surface area (TPSA) is 67.9 Å². The molecule has 0 bridgehead atoms. The molecule has 0 aliphatic heterocycles. The second-order valence-corrected chi connectivity index (χ2v) is 8.52. The summed E-state index contributed by atoms with van der Waals surface area (Å²) in [5.41, 5.74) is 1.82. The van der Waals surface area contributed by atoms with Crippen LogP contribution in [0.25, 0.3) is 0 Å². The average Bonchev–Trinajstić information content (AvgIpc) is 2.89. The van der Waals surface area contributed by atoms with Crippen molar-refractivity contribution in [3.05, 3.63) is 95.0 Å². The van der Waals surface area contributed by atoms with Gasteiger partial charge in [-0.1, -0.05) is 73.1 Å². The van der Waals surface area contributed by atoms with Gasteiger partial charge in [-0.3, -0.25) is 9.59 Å². The number of carbonyl (C=O) groups is 2. The first kappa shape index (κ1) is 26.1. The molecule has 3 aromatic carbocycles. The molecular weight excluding hydrogens is 464 g/mol. The summed E-state index contributed by atoms with van der Waals surface area (Å²) in [6, 6.07) is 23.4. The fraction of sp³-hybridized carbons (Fsp3) is 0.286. The molecule has 0 radical (unpaired) electrons. The van der Waals surface area contributed by atoms with Crippen LogP contribution < -0.4 is 14.8 Å². The molecule has 1 atom stereocenters. The van der Waals surface area contributed by atoms with E-state index in [0.717, 1.165) is 17.5 Å². The zero-order valence-corrected chi connectivity index (χ0v) is 20.8. The largest absolute Gasteiger partial charge is 0.493 e. The standard InChI is InChI=1S/C28H31ClN2O4/c1-3-17-30-28(33)24(18-21-9-5-4-6-10-21)31(19-22-13-15-23(29)16-14-22)27(32)20-35-26-12-8-7-11-25(26)34-2/h4-16,24H,3,17-20H2,1-2H3,(H,30,33)/t24-/m1/s1. The average molecular weight is 495 g/mol. The molecular formula is C28H31ClN2O4. The predicted molar refractivity (Wildman–Crippen MR) is 138 cm³/mol. The van der Waals surface area contributed by atoms with Crippen LogP contribution in [0.4, 0.5) is 0 Å². The van der Waals surface area contributed by atoms with Gasteiger partial charge in [-0.2, -0.15) is 0 Å². The number of hydrogen-bond donors (Lipinski definition) is 1. The molecule has 35 heavy (non-hydrogen) atoms. The highest BCUT2D eigenvalue weighted by Gasteiger charge is 2.30. The fourth-order valence-corrected chi connectivity index (χ4v) is 3.79. The van der Waals surface area contributed by atoms with Crippen LogP contribution in [0.2, 0.25) is 5.02 Å². The van der Waals surface area contributed by atoms with Crippen LogP contribution >= 0.6 is 11.6 Å². The summed E-state index contributed by atoms with van der Waals surface area (Å²) >= 11 is 6.06. The first-order valence-corrected chi connectivity index (χ1v) is 12.0. The number of ether oxygens (including phenoxy) is 2. The Kier molecular flexibility index (Phi) is 9.99. The highest BCUT2D eigenvalue weighted by Crippen LogP contribution is 2.26. The Morgan fingerprint density at radius 3 is 2.23 bits per heavy atom. The summed E-state index contributed by atoms with van der Waals surface area (Å²) in [6.45, 7) is 2.53. The summed E-state index contributed by atoms with van der Waals surface area (Å²) in [4.78, 5) is 28.4. The minimum atomic E-state index is -0.714. The molecule has 0 aliphatic rings. The van der Waals surface area contributed by atoms with Gasteiger partial charge in [-0.05, 0) is 41.8 Å². The van der Waals surface area contributed by atoms with Crippen molar-refractivity contribution < 1.29 is 19.1 Å². The number of amides is 2. The third kappa shape index (κ3) is 7.76. The van der Waals surface area contributed by atoms with E-state index in [4.69, 9.17) is 21.1 Å². The van der Waals surface area contributed by atoms with E-state index in [-0.39, 0.29) is 25.0 Å². The van der Waals surface area contributed by atoms with Gasteiger partial charge in [-0.15, -0.1) is 0 Å². The fourth-order valence-electron chi connectivity index (χ4n) is 3.67. The zero-order chi connectivity index (χ0) is 25.0. The minimum absolute atomic E-state index is 0.199. The van der Waals surface area contributed by atoms with Crippen molar-refractivity contribution in [2.24, 2.45) is 0 Å². The molecule has 0 spiro atoms. The van der Waals surface area contributed by atoms with Crippen molar-refractivity contribution >= 4 is 23.4 Å². The molecule has 1 N–H and O–H groups in total. The van der Waals surface area contributed by atoms with E-state index in [0.29, 0.717) is 29.5 Å². The third-order valence-electron chi connectivity index (χ3n) is 5.51. The zero-order valence-electron chi connectivity index (χ0n) is 20.1. The summed E-state index contributed by atoms with van der Waals surface area (Å²) in [6.07, 6.45) is 1.18. The first-order chi connectivity index (χ1) is 17.0. The lowest BCUT2D eigenvalue weighted by Gasteiger charge is -2.31. The number of methoxy groups -OCH3 is 1. The molecule has 2 amide bonds. The Labute approximate surface area is 211 Å². The smallest absolute Gasteiger partial charge is 0.261 e. The highest BCUT2D eigenvalue weighted by molar-refractivity contribution is 6.30. The van der Waals surface area contributed by atoms with Gasteiger partial charge in [0.2, 0.25) is 5.91 Å². The van der Waals surface area contributed by atoms with E-state index < -0.39 is 6.04 Å². The van der Waals surface area contributed by atoms with Gasteiger partial charge in [0.15, 0.2) is 18.1 Å². The second kappa shape index (κ2) is 13.4. The van der Waals surface area contributed by atoms with Crippen LogP contribution in [0, 0.1) is 0 Å². The number of benzene rings is 3. The maximum atomic E-state index is 13.6. The number of para-hydroxylation sites is 2. The van der Waals surface area contributed by atoms with E-state index in [9.17, 15) is 9.59 Å². The summed E-state index contributed by atoms with van der Waals surface area (Å²) < 4.78 is 11.1. The Morgan fingerprint density at radius 2 is 1.57 bits per heavy atom. The lowest BCUT2D eigenvalue weighted by atomic mass is 10.0. The van der Waals surface area contributed by atoms with Crippen LogP contribution in [-0.2, 0) is 22.6 Å². The van der Waals surface area contributed by atoms with Gasteiger partial charge in [0.05, 0.1) is 7.11 Å². The number of halogens is 1. The number of nitrogens with one attached hydrogen (secondary N) is 1. The van der Waals surface area contributed by atoms with Crippen molar-refractivity contribution in [3.8, 4) is 11.5 Å². The lowest BCUT2D eigenvalue weighted by Crippen LogP contribution is -2.51. The Balaban J connectivity index is 1.89. The second-order valence-electron chi connectivity index (χ2n) is 8.08. The van der Waals surface area contributed by atoms with E-state index in [1.54, 1.807) is 36.3 Å². The SMILES string of the molecule is CCCNC(=O)[C@@H](Cc1ccccc1)N(Cc1ccc(Cl)cc1)C(=O)COc1ccccc1OC. The van der Waals surface area contributed by atoms with Crippen LogP contribution in [0.15, 0.2) is 78.9 Å². The molecule has 0 saturated carbocycles. The van der Waals surface area contributed by atoms with Crippen LogP contribution in [0.3, 0.4) is 0 Å². The quantitative estimate of drug-likeness (QED) is 0.389. The van der Waals surface area contributed by atoms with Gasteiger partial charge in [0.1, 0.15) is 6.04 Å². The van der Waals surface area contributed by atoms with Crippen molar-refractivity contribution in [2.45, 2.75) is 32.4 Å². The van der Waals surface area contributed by atoms with Crippen molar-refractivity contribution in [1.82, 2.24) is 10.2 Å². The van der Waals surface area contributed by atoms with Crippen LogP contribution in [0.5, 0.6) is 11.5 Å². The molecule has 3 rings (SSSR count). The number of nitrogens with zero attached hydrogens (tertiary/aromatic N) is 1. The van der Waals surface area contributed by atoms with Crippen molar-refractivity contribution in [1.29, 1.82) is 0 Å². The molecule has 7 heteroatoms. The third-order valence-corrected chi connectivity index (χ3v) is 5.76. The van der Waals surface area contributed by atoms with Crippen molar-refractivity contribution in [3.63, 3.8) is 0 Å². The van der Waals surface area contributed by atoms with E-state index in [2.05, 4.69) is 5.32 Å². The molecule has 0 saturated heterocycles. The summed E-state index contributed by atoms with van der Waals surface area (Å²) in [5, 5.41) is 3.56. The Hall–Kier alpha value is -3.51.